The summed E-state index contributed by atoms with van der Waals surface area (Å²) in [5.74, 6) is 0.525. The number of nitrogens with zero attached hydrogens (tertiary/aromatic N) is 2. The monoisotopic (exact) mass is 409 g/mol. The summed E-state index contributed by atoms with van der Waals surface area (Å²) in [4.78, 5) is 27.4. The van der Waals surface area contributed by atoms with Gasteiger partial charge in [0.05, 0.1) is 11.3 Å². The summed E-state index contributed by atoms with van der Waals surface area (Å²) in [5, 5.41) is 14.2. The van der Waals surface area contributed by atoms with Crippen LogP contribution in [-0.2, 0) is 6.42 Å². The van der Waals surface area contributed by atoms with E-state index in [4.69, 9.17) is 4.42 Å². The molecule has 0 atom stereocenters. The number of nitrogens with one attached hydrogen (secondary N) is 1. The Morgan fingerprint density at radius 3 is 2.53 bits per heavy atom. The maximum Gasteiger partial charge on any atom is 0.289 e. The smallest absolute Gasteiger partial charge is 0.289 e. The van der Waals surface area contributed by atoms with Gasteiger partial charge in [-0.2, -0.15) is 5.10 Å². The van der Waals surface area contributed by atoms with Crippen molar-refractivity contribution in [1.82, 2.24) is 10.3 Å². The average Bonchev–Trinajstić information content (AvgIpc) is 2.93. The van der Waals surface area contributed by atoms with Crippen molar-refractivity contribution in [2.24, 2.45) is 5.10 Å². The van der Waals surface area contributed by atoms with E-state index in [0.717, 1.165) is 68.5 Å². The molecular weight excluding hydrogens is 382 g/mol. The van der Waals surface area contributed by atoms with Crippen LogP contribution in [-0.4, -0.2) is 40.6 Å². The SMILES string of the molecule is Cc1c(C(=O)N2CCCCCC2)oc2c1/C(=N/NC(=O)c1ccccc1O)CCC2. The topological polar surface area (TPSA) is 95.1 Å². The van der Waals surface area contributed by atoms with Crippen LogP contribution in [0.4, 0.5) is 0 Å². The molecule has 7 nitrogen and oxygen atoms in total. The Hall–Kier alpha value is -3.09. The zero-order valence-electron chi connectivity index (χ0n) is 17.2. The van der Waals surface area contributed by atoms with E-state index < -0.39 is 5.91 Å². The molecule has 2 amide bonds. The van der Waals surface area contributed by atoms with Crippen LogP contribution in [0.2, 0.25) is 0 Å². The van der Waals surface area contributed by atoms with Gasteiger partial charge in [0.15, 0.2) is 5.76 Å². The Kier molecular flexibility index (Phi) is 5.88. The van der Waals surface area contributed by atoms with E-state index in [1.165, 1.54) is 12.1 Å². The Morgan fingerprint density at radius 2 is 1.80 bits per heavy atom. The first-order valence-corrected chi connectivity index (χ1v) is 10.6. The van der Waals surface area contributed by atoms with Gasteiger partial charge in [0.2, 0.25) is 0 Å². The largest absolute Gasteiger partial charge is 0.507 e. The number of hydrogen-bond donors (Lipinski definition) is 2. The summed E-state index contributed by atoms with van der Waals surface area (Å²) in [5.41, 5.74) is 5.03. The third kappa shape index (κ3) is 3.97. The number of fused-ring (bicyclic) bond motifs is 1. The molecule has 2 heterocycles. The molecule has 1 aliphatic carbocycles. The van der Waals surface area contributed by atoms with Crippen LogP contribution in [0, 0.1) is 6.92 Å². The summed E-state index contributed by atoms with van der Waals surface area (Å²) in [6.45, 7) is 3.42. The molecule has 1 fully saturated rings. The summed E-state index contributed by atoms with van der Waals surface area (Å²) >= 11 is 0. The van der Waals surface area contributed by atoms with E-state index in [9.17, 15) is 14.7 Å². The molecular formula is C23H27N3O4. The lowest BCUT2D eigenvalue weighted by molar-refractivity contribution is 0.0726. The van der Waals surface area contributed by atoms with Crippen LogP contribution >= 0.6 is 0 Å². The fraction of sp³-hybridized carbons (Fsp3) is 0.435. The highest BCUT2D eigenvalue weighted by Gasteiger charge is 2.30. The maximum atomic E-state index is 13.1. The minimum Gasteiger partial charge on any atom is -0.507 e. The van der Waals surface area contributed by atoms with Crippen molar-refractivity contribution in [2.75, 3.05) is 13.1 Å². The predicted octanol–water partition coefficient (Wildman–Crippen LogP) is 3.78. The van der Waals surface area contributed by atoms with Gasteiger partial charge < -0.3 is 14.4 Å². The second kappa shape index (κ2) is 8.73. The third-order valence-electron chi connectivity index (χ3n) is 5.85. The van der Waals surface area contributed by atoms with Gasteiger partial charge in [0.1, 0.15) is 11.5 Å². The minimum absolute atomic E-state index is 0.0543. The number of hydrogen-bond acceptors (Lipinski definition) is 5. The first-order chi connectivity index (χ1) is 14.6. The summed E-state index contributed by atoms with van der Waals surface area (Å²) in [7, 11) is 0. The van der Waals surface area contributed by atoms with Gasteiger partial charge in [-0.05, 0) is 44.7 Å². The van der Waals surface area contributed by atoms with Gasteiger partial charge in [-0.15, -0.1) is 0 Å². The zero-order valence-corrected chi connectivity index (χ0v) is 17.2. The molecule has 0 spiro atoms. The average molecular weight is 409 g/mol. The number of aromatic hydroxyl groups is 1. The van der Waals surface area contributed by atoms with Crippen molar-refractivity contribution < 1.29 is 19.1 Å². The van der Waals surface area contributed by atoms with E-state index in [1.807, 2.05) is 11.8 Å². The van der Waals surface area contributed by atoms with E-state index in [0.29, 0.717) is 17.9 Å². The molecule has 1 saturated heterocycles. The molecule has 0 bridgehead atoms. The van der Waals surface area contributed by atoms with E-state index in [2.05, 4.69) is 10.5 Å². The second-order valence-corrected chi connectivity index (χ2v) is 7.93. The number of benzene rings is 1. The molecule has 158 valence electrons. The van der Waals surface area contributed by atoms with E-state index >= 15 is 0 Å². The number of likely N-dealkylation sites (tertiary alicyclic amines) is 1. The van der Waals surface area contributed by atoms with Crippen molar-refractivity contribution in [3.8, 4) is 5.75 Å². The highest BCUT2D eigenvalue weighted by Crippen LogP contribution is 2.31. The predicted molar refractivity (Wildman–Crippen MR) is 113 cm³/mol. The highest BCUT2D eigenvalue weighted by atomic mass is 16.4. The van der Waals surface area contributed by atoms with Crippen molar-refractivity contribution in [1.29, 1.82) is 0 Å². The minimum atomic E-state index is -0.477. The zero-order chi connectivity index (χ0) is 21.1. The number of phenolic OH excluding ortho intramolecular Hbond substituents is 1. The normalized spacial score (nSPS) is 18.0. The van der Waals surface area contributed by atoms with Crippen molar-refractivity contribution in [2.45, 2.75) is 51.9 Å². The first kappa shape index (κ1) is 20.2. The number of furan rings is 1. The van der Waals surface area contributed by atoms with Crippen molar-refractivity contribution >= 4 is 17.5 Å². The summed E-state index contributed by atoms with van der Waals surface area (Å²) < 4.78 is 6.01. The molecule has 7 heteroatoms. The molecule has 1 aromatic heterocycles. The molecule has 30 heavy (non-hydrogen) atoms. The molecule has 0 radical (unpaired) electrons. The third-order valence-corrected chi connectivity index (χ3v) is 5.85. The molecule has 1 aromatic carbocycles. The van der Waals surface area contributed by atoms with Gasteiger partial charge >= 0.3 is 0 Å². The molecule has 2 aliphatic rings. The summed E-state index contributed by atoms with van der Waals surface area (Å²) in [6.07, 6.45) is 6.63. The van der Waals surface area contributed by atoms with Crippen LogP contribution in [0.3, 0.4) is 0 Å². The van der Waals surface area contributed by atoms with Crippen molar-refractivity contribution in [3.63, 3.8) is 0 Å². The fourth-order valence-electron chi connectivity index (χ4n) is 4.25. The quantitative estimate of drug-likeness (QED) is 0.754. The van der Waals surface area contributed by atoms with Crippen LogP contribution in [0.25, 0.3) is 0 Å². The van der Waals surface area contributed by atoms with Crippen LogP contribution < -0.4 is 5.43 Å². The lowest BCUT2D eigenvalue weighted by Crippen LogP contribution is -2.32. The molecule has 0 saturated carbocycles. The first-order valence-electron chi connectivity index (χ1n) is 10.6. The number of carbonyl (C=O) groups excluding carboxylic acids is 2. The number of amides is 2. The molecule has 1 aliphatic heterocycles. The van der Waals surface area contributed by atoms with E-state index in [-0.39, 0.29) is 17.2 Å². The maximum absolute atomic E-state index is 13.1. The molecule has 2 aromatic rings. The van der Waals surface area contributed by atoms with E-state index in [1.54, 1.807) is 12.1 Å². The number of aryl methyl sites for hydroxylation is 1. The van der Waals surface area contributed by atoms with Gasteiger partial charge in [0, 0.05) is 30.6 Å². The highest BCUT2D eigenvalue weighted by molar-refractivity contribution is 6.07. The van der Waals surface area contributed by atoms with Crippen LogP contribution in [0.1, 0.15) is 76.3 Å². The number of phenols is 1. The number of carbonyl (C=O) groups is 2. The van der Waals surface area contributed by atoms with Gasteiger partial charge in [-0.1, -0.05) is 25.0 Å². The van der Waals surface area contributed by atoms with Gasteiger partial charge in [-0.25, -0.2) is 5.43 Å². The number of hydrazone groups is 1. The van der Waals surface area contributed by atoms with Gasteiger partial charge in [-0.3, -0.25) is 9.59 Å². The number of para-hydroxylation sites is 1. The second-order valence-electron chi connectivity index (χ2n) is 7.93. The standard InChI is InChI=1S/C23H27N3O4/c1-15-20-17(24-25-22(28)16-9-4-5-11-18(16)27)10-8-12-19(20)30-21(15)23(29)26-13-6-2-3-7-14-26/h4-5,9,11,27H,2-3,6-8,10,12-14H2,1H3,(H,25,28)/b24-17+. The summed E-state index contributed by atoms with van der Waals surface area (Å²) in [6, 6.07) is 6.34. The fourth-order valence-corrected chi connectivity index (χ4v) is 4.25. The number of rotatable bonds is 3. The Balaban J connectivity index is 1.58. The Labute approximate surface area is 175 Å². The van der Waals surface area contributed by atoms with Crippen molar-refractivity contribution in [3.05, 3.63) is 52.5 Å². The molecule has 0 unspecified atom stereocenters. The molecule has 4 rings (SSSR count). The van der Waals surface area contributed by atoms with Crippen LogP contribution in [0.5, 0.6) is 5.75 Å². The lowest BCUT2D eigenvalue weighted by atomic mass is 9.93. The molecule has 2 N–H and O–H groups in total. The van der Waals surface area contributed by atoms with Gasteiger partial charge in [0.25, 0.3) is 11.8 Å². The lowest BCUT2D eigenvalue weighted by Gasteiger charge is -2.19. The Morgan fingerprint density at radius 1 is 1.07 bits per heavy atom. The van der Waals surface area contributed by atoms with Crippen LogP contribution in [0.15, 0.2) is 33.8 Å². The Bertz CT molecular complexity index is 984.